The van der Waals surface area contributed by atoms with Crippen LogP contribution in [0.1, 0.15) is 47.2 Å². The third-order valence-electron chi connectivity index (χ3n) is 3.33. The van der Waals surface area contributed by atoms with Gasteiger partial charge >= 0.3 is 0 Å². The molecule has 1 aliphatic carbocycles. The minimum atomic E-state index is 0.440. The maximum absolute atomic E-state index is 9.05. The Hall–Kier alpha value is -2.16. The van der Waals surface area contributed by atoms with E-state index in [0.717, 1.165) is 35.6 Å². The summed E-state index contributed by atoms with van der Waals surface area (Å²) in [5.41, 5.74) is 3.29. The van der Waals surface area contributed by atoms with Gasteiger partial charge in [-0.25, -0.2) is 4.68 Å². The Morgan fingerprint density at radius 1 is 1.44 bits per heavy atom. The van der Waals surface area contributed by atoms with E-state index in [1.165, 1.54) is 0 Å². The first-order valence-corrected chi connectivity index (χ1v) is 5.96. The van der Waals surface area contributed by atoms with Crippen LogP contribution in [0.15, 0.2) is 4.52 Å². The lowest BCUT2D eigenvalue weighted by Crippen LogP contribution is -2.07. The first-order valence-electron chi connectivity index (χ1n) is 5.96. The lowest BCUT2D eigenvalue weighted by Gasteiger charge is -2.04. The maximum atomic E-state index is 9.05. The van der Waals surface area contributed by atoms with E-state index >= 15 is 0 Å². The molecule has 1 fully saturated rings. The first kappa shape index (κ1) is 11.0. The molecule has 92 valence electrons. The van der Waals surface area contributed by atoms with E-state index in [2.05, 4.69) is 21.5 Å². The highest BCUT2D eigenvalue weighted by atomic mass is 16.5. The Morgan fingerprint density at radius 3 is 2.78 bits per heavy atom. The number of hydrogen-bond donors (Lipinski definition) is 0. The van der Waals surface area contributed by atoms with E-state index in [-0.39, 0.29) is 0 Å². The van der Waals surface area contributed by atoms with Crippen molar-refractivity contribution in [2.24, 2.45) is 0 Å². The van der Waals surface area contributed by atoms with Crippen LogP contribution in [0.5, 0.6) is 0 Å². The topological polar surface area (TPSA) is 80.5 Å². The molecule has 1 saturated carbocycles. The number of aromatic nitrogens is 4. The largest absolute Gasteiger partial charge is 0.361 e. The molecule has 2 heterocycles. The molecule has 0 aromatic carbocycles. The van der Waals surface area contributed by atoms with Crippen LogP contribution in [0.3, 0.4) is 0 Å². The Labute approximate surface area is 104 Å². The van der Waals surface area contributed by atoms with Gasteiger partial charge in [0.15, 0.2) is 5.69 Å². The van der Waals surface area contributed by atoms with Gasteiger partial charge in [0.05, 0.1) is 17.9 Å². The van der Waals surface area contributed by atoms with Crippen LogP contribution in [0.2, 0.25) is 0 Å². The second kappa shape index (κ2) is 3.95. The molecule has 6 heteroatoms. The summed E-state index contributed by atoms with van der Waals surface area (Å²) in [5.74, 6) is 1.23. The second-order valence-electron chi connectivity index (χ2n) is 4.67. The lowest BCUT2D eigenvalue weighted by molar-refractivity contribution is 0.391. The van der Waals surface area contributed by atoms with Crippen molar-refractivity contribution in [2.45, 2.75) is 39.2 Å². The summed E-state index contributed by atoms with van der Waals surface area (Å²) in [6.45, 7) is 4.36. The Kier molecular flexibility index (Phi) is 2.40. The van der Waals surface area contributed by atoms with Gasteiger partial charge in [0.1, 0.15) is 11.8 Å². The van der Waals surface area contributed by atoms with Crippen molar-refractivity contribution in [1.82, 2.24) is 20.2 Å². The van der Waals surface area contributed by atoms with Crippen LogP contribution in [-0.2, 0) is 6.54 Å². The lowest BCUT2D eigenvalue weighted by atomic mass is 10.2. The summed E-state index contributed by atoms with van der Waals surface area (Å²) in [6, 6.07) is 2.11. The van der Waals surface area contributed by atoms with Crippen LogP contribution >= 0.6 is 0 Å². The molecule has 1 aliphatic rings. The molecule has 6 nitrogen and oxygen atoms in total. The zero-order valence-electron chi connectivity index (χ0n) is 10.3. The molecule has 0 N–H and O–H groups in total. The smallest absolute Gasteiger partial charge is 0.186 e. The van der Waals surface area contributed by atoms with Gasteiger partial charge in [0, 0.05) is 11.5 Å². The molecule has 0 bridgehead atoms. The van der Waals surface area contributed by atoms with Crippen molar-refractivity contribution in [2.75, 3.05) is 0 Å². The monoisotopic (exact) mass is 243 g/mol. The number of nitrogens with zero attached hydrogens (tertiary/aromatic N) is 5. The van der Waals surface area contributed by atoms with Crippen molar-refractivity contribution >= 4 is 0 Å². The molecule has 0 amide bonds. The van der Waals surface area contributed by atoms with Gasteiger partial charge in [-0.15, -0.1) is 5.10 Å². The summed E-state index contributed by atoms with van der Waals surface area (Å²) in [6.07, 6.45) is 2.23. The fraction of sp³-hybridized carbons (Fsp3) is 0.500. The van der Waals surface area contributed by atoms with Gasteiger partial charge in [-0.1, -0.05) is 10.4 Å². The molecule has 3 rings (SSSR count). The quantitative estimate of drug-likeness (QED) is 0.819. The average Bonchev–Trinajstić information content (AvgIpc) is 3.06. The van der Waals surface area contributed by atoms with Gasteiger partial charge < -0.3 is 4.52 Å². The molecule has 0 unspecified atom stereocenters. The van der Waals surface area contributed by atoms with Gasteiger partial charge in [-0.2, -0.15) is 5.26 Å². The SMILES string of the molecule is Cc1noc(C)c1Cn1nnc(C#N)c1C1CC1. The van der Waals surface area contributed by atoms with Crippen molar-refractivity contribution in [1.29, 1.82) is 5.26 Å². The van der Waals surface area contributed by atoms with E-state index in [9.17, 15) is 0 Å². The zero-order valence-corrected chi connectivity index (χ0v) is 10.3. The van der Waals surface area contributed by atoms with Crippen molar-refractivity contribution < 1.29 is 4.52 Å². The fourth-order valence-corrected chi connectivity index (χ4v) is 2.16. The number of hydrogen-bond acceptors (Lipinski definition) is 5. The van der Waals surface area contributed by atoms with E-state index in [1.807, 2.05) is 18.5 Å². The number of rotatable bonds is 3. The maximum Gasteiger partial charge on any atom is 0.186 e. The molecule has 18 heavy (non-hydrogen) atoms. The Bertz CT molecular complexity index is 610. The van der Waals surface area contributed by atoms with Crippen molar-refractivity contribution in [3.8, 4) is 6.07 Å². The predicted octanol–water partition coefficient (Wildman–Crippen LogP) is 1.68. The predicted molar refractivity (Wildman–Crippen MR) is 61.8 cm³/mol. The normalized spacial score (nSPS) is 14.7. The molecule has 0 atom stereocenters. The molecule has 2 aromatic heterocycles. The first-order chi connectivity index (χ1) is 8.70. The second-order valence-corrected chi connectivity index (χ2v) is 4.67. The van der Waals surface area contributed by atoms with Gasteiger partial charge in [-0.05, 0) is 26.7 Å². The van der Waals surface area contributed by atoms with Crippen molar-refractivity contribution in [3.63, 3.8) is 0 Å². The minimum Gasteiger partial charge on any atom is -0.361 e. The summed E-state index contributed by atoms with van der Waals surface area (Å²) >= 11 is 0. The van der Waals surface area contributed by atoms with Crippen LogP contribution in [0, 0.1) is 25.2 Å². The summed E-state index contributed by atoms with van der Waals surface area (Å²) in [4.78, 5) is 0. The molecule has 0 radical (unpaired) electrons. The molecule has 0 aliphatic heterocycles. The standard InChI is InChI=1S/C12H13N5O/c1-7-10(8(2)18-15-7)6-17-12(9-3-4-9)11(5-13)14-16-17/h9H,3-4,6H2,1-2H3. The summed E-state index contributed by atoms with van der Waals surface area (Å²) < 4.78 is 6.95. The van der Waals surface area contributed by atoms with Gasteiger partial charge in [0.25, 0.3) is 0 Å². The number of nitriles is 1. The average molecular weight is 243 g/mol. The Morgan fingerprint density at radius 2 is 2.22 bits per heavy atom. The third-order valence-corrected chi connectivity index (χ3v) is 3.33. The highest BCUT2D eigenvalue weighted by Gasteiger charge is 2.31. The molecule has 0 spiro atoms. The Balaban J connectivity index is 1.98. The van der Waals surface area contributed by atoms with Crippen LogP contribution in [-0.4, -0.2) is 20.2 Å². The van der Waals surface area contributed by atoms with Crippen LogP contribution in [0.4, 0.5) is 0 Å². The molecular weight excluding hydrogens is 230 g/mol. The van der Waals surface area contributed by atoms with E-state index in [4.69, 9.17) is 9.78 Å². The third kappa shape index (κ3) is 1.68. The van der Waals surface area contributed by atoms with Gasteiger partial charge in [0.2, 0.25) is 0 Å². The van der Waals surface area contributed by atoms with E-state index in [1.54, 1.807) is 0 Å². The minimum absolute atomic E-state index is 0.440. The highest BCUT2D eigenvalue weighted by Crippen LogP contribution is 2.41. The number of aryl methyl sites for hydroxylation is 2. The van der Waals surface area contributed by atoms with Crippen molar-refractivity contribution in [3.05, 3.63) is 28.4 Å². The summed E-state index contributed by atoms with van der Waals surface area (Å²) in [7, 11) is 0. The van der Waals surface area contributed by atoms with Crippen LogP contribution in [0.25, 0.3) is 0 Å². The van der Waals surface area contributed by atoms with Gasteiger partial charge in [-0.3, -0.25) is 0 Å². The zero-order chi connectivity index (χ0) is 12.7. The highest BCUT2D eigenvalue weighted by molar-refractivity contribution is 5.32. The van der Waals surface area contributed by atoms with Crippen LogP contribution < -0.4 is 0 Å². The van der Waals surface area contributed by atoms with E-state index in [0.29, 0.717) is 18.2 Å². The fourth-order valence-electron chi connectivity index (χ4n) is 2.16. The van der Waals surface area contributed by atoms with E-state index < -0.39 is 0 Å². The summed E-state index contributed by atoms with van der Waals surface area (Å²) in [5, 5.41) is 21.0. The molecule has 2 aromatic rings. The molecule has 0 saturated heterocycles. The molecular formula is C12H13N5O.